The van der Waals surface area contributed by atoms with Gasteiger partial charge in [0.05, 0.1) is 0 Å². The van der Waals surface area contributed by atoms with Crippen molar-refractivity contribution in [1.29, 1.82) is 0 Å². The van der Waals surface area contributed by atoms with E-state index >= 15 is 0 Å². The van der Waals surface area contributed by atoms with Crippen LogP contribution in [0.5, 0.6) is 0 Å². The molecular formula is C16H16O2Sn. The Balaban J connectivity index is 2.33. The van der Waals surface area contributed by atoms with E-state index in [1.807, 2.05) is 46.3 Å². The molecule has 0 atom stereocenters. The molecule has 2 nitrogen and oxygen atoms in total. The Labute approximate surface area is 117 Å². The number of carbonyl (C=O) groups is 2. The van der Waals surface area contributed by atoms with E-state index in [-0.39, 0.29) is 7.60 Å². The van der Waals surface area contributed by atoms with Crippen molar-refractivity contribution >= 4 is 26.0 Å². The molecule has 0 spiro atoms. The first-order valence-electron chi connectivity index (χ1n) is 6.23. The fraction of sp³-hybridized carbons (Fsp3) is 0.125. The summed E-state index contributed by atoms with van der Waals surface area (Å²) < 4.78 is 0.118. The van der Waals surface area contributed by atoms with E-state index in [1.54, 1.807) is 24.3 Å². The van der Waals surface area contributed by atoms with Crippen LogP contribution >= 0.6 is 0 Å². The third-order valence-electron chi connectivity index (χ3n) is 3.21. The van der Waals surface area contributed by atoms with E-state index in [4.69, 9.17) is 0 Å². The Bertz CT molecular complexity index is 535. The SMILES string of the molecule is [CH3][Sn]([CH3])([C](=O)c1ccccc1)[C](=O)c1ccccc1. The Kier molecular flexibility index (Phi) is 4.20. The topological polar surface area (TPSA) is 34.1 Å². The minimum atomic E-state index is -3.50. The molecule has 0 radical (unpaired) electrons. The van der Waals surface area contributed by atoms with Gasteiger partial charge in [-0.25, -0.2) is 0 Å². The number of benzene rings is 2. The standard InChI is InChI=1S/2C7H5O.2CH3.Sn/c2*8-6-7-4-2-1-3-5-7;;;/h2*1-5H;2*1H3;. The summed E-state index contributed by atoms with van der Waals surface area (Å²) >= 11 is -3.50. The molecular weight excluding hydrogens is 343 g/mol. The second kappa shape index (κ2) is 5.70. The van der Waals surface area contributed by atoms with E-state index in [2.05, 4.69) is 0 Å². The summed E-state index contributed by atoms with van der Waals surface area (Å²) in [6.07, 6.45) is 0. The van der Waals surface area contributed by atoms with Gasteiger partial charge in [-0.15, -0.1) is 0 Å². The number of hydrogen-bond donors (Lipinski definition) is 0. The number of hydrogen-bond acceptors (Lipinski definition) is 2. The van der Waals surface area contributed by atoms with Crippen LogP contribution in [0.4, 0.5) is 0 Å². The molecule has 0 amide bonds. The monoisotopic (exact) mass is 360 g/mol. The molecule has 0 heterocycles. The van der Waals surface area contributed by atoms with Crippen LogP contribution in [0.15, 0.2) is 60.7 Å². The van der Waals surface area contributed by atoms with Crippen LogP contribution in [0.2, 0.25) is 9.88 Å². The van der Waals surface area contributed by atoms with Crippen molar-refractivity contribution in [2.75, 3.05) is 0 Å². The average Bonchev–Trinajstić information content (AvgIpc) is 2.47. The molecule has 0 bridgehead atoms. The van der Waals surface area contributed by atoms with Gasteiger partial charge in [0.2, 0.25) is 0 Å². The molecule has 0 saturated heterocycles. The molecule has 3 heteroatoms. The van der Waals surface area contributed by atoms with E-state index in [9.17, 15) is 9.59 Å². The summed E-state index contributed by atoms with van der Waals surface area (Å²) in [5.74, 6) is 0. The first-order chi connectivity index (χ1) is 9.03. The van der Waals surface area contributed by atoms with Crippen molar-refractivity contribution < 1.29 is 9.59 Å². The first kappa shape index (κ1) is 14.0. The molecule has 0 aromatic heterocycles. The van der Waals surface area contributed by atoms with Crippen molar-refractivity contribution in [3.63, 3.8) is 0 Å². The van der Waals surface area contributed by atoms with Crippen LogP contribution in [0.3, 0.4) is 0 Å². The van der Waals surface area contributed by atoms with Crippen LogP contribution in [-0.4, -0.2) is 26.0 Å². The molecule has 0 N–H and O–H groups in total. The average molecular weight is 359 g/mol. The Morgan fingerprint density at radius 3 is 1.32 bits per heavy atom. The second-order valence-electron chi connectivity index (χ2n) is 5.02. The predicted molar refractivity (Wildman–Crippen MR) is 79.0 cm³/mol. The Hall–Kier alpha value is -1.42. The van der Waals surface area contributed by atoms with E-state index < -0.39 is 18.4 Å². The summed E-state index contributed by atoms with van der Waals surface area (Å²) in [5, 5.41) is 0. The van der Waals surface area contributed by atoms with Crippen LogP contribution in [0, 0.1) is 0 Å². The third kappa shape index (κ3) is 2.95. The van der Waals surface area contributed by atoms with Gasteiger partial charge in [-0.2, -0.15) is 0 Å². The molecule has 0 unspecified atom stereocenters. The minimum absolute atomic E-state index is 0.0590. The van der Waals surface area contributed by atoms with Crippen LogP contribution in [0.25, 0.3) is 0 Å². The fourth-order valence-electron chi connectivity index (χ4n) is 2.00. The molecule has 2 rings (SSSR count). The van der Waals surface area contributed by atoms with Crippen molar-refractivity contribution in [2.24, 2.45) is 0 Å². The van der Waals surface area contributed by atoms with Crippen molar-refractivity contribution in [3.05, 3.63) is 71.8 Å². The molecule has 96 valence electrons. The van der Waals surface area contributed by atoms with Gasteiger partial charge in [-0.1, -0.05) is 0 Å². The van der Waals surface area contributed by atoms with Gasteiger partial charge in [-0.05, 0) is 0 Å². The molecule has 2 aromatic carbocycles. The zero-order valence-electron chi connectivity index (χ0n) is 11.1. The van der Waals surface area contributed by atoms with E-state index in [0.717, 1.165) is 0 Å². The van der Waals surface area contributed by atoms with Gasteiger partial charge in [0.25, 0.3) is 0 Å². The van der Waals surface area contributed by atoms with Gasteiger partial charge in [0, 0.05) is 0 Å². The van der Waals surface area contributed by atoms with Crippen molar-refractivity contribution in [2.45, 2.75) is 9.88 Å². The van der Waals surface area contributed by atoms with E-state index in [1.165, 1.54) is 0 Å². The second-order valence-corrected chi connectivity index (χ2v) is 16.9. The van der Waals surface area contributed by atoms with Crippen molar-refractivity contribution in [1.82, 2.24) is 0 Å². The quantitative estimate of drug-likeness (QED) is 0.783. The van der Waals surface area contributed by atoms with Crippen molar-refractivity contribution in [3.8, 4) is 0 Å². The maximum atomic E-state index is 12.6. The van der Waals surface area contributed by atoms with Gasteiger partial charge >= 0.3 is 117 Å². The fourth-order valence-corrected chi connectivity index (χ4v) is 7.66. The van der Waals surface area contributed by atoms with Crippen LogP contribution in [0.1, 0.15) is 20.7 Å². The normalized spacial score (nSPS) is 11.1. The molecule has 2 aromatic rings. The van der Waals surface area contributed by atoms with Gasteiger partial charge < -0.3 is 0 Å². The van der Waals surface area contributed by atoms with Gasteiger partial charge in [0.15, 0.2) is 0 Å². The summed E-state index contributed by atoms with van der Waals surface area (Å²) in [7, 11) is 0. The molecule has 0 aliphatic rings. The van der Waals surface area contributed by atoms with Gasteiger partial charge in [0.1, 0.15) is 0 Å². The van der Waals surface area contributed by atoms with Crippen LogP contribution in [-0.2, 0) is 0 Å². The summed E-state index contributed by atoms with van der Waals surface area (Å²) in [6, 6.07) is 18.3. The molecule has 0 aliphatic carbocycles. The number of rotatable bonds is 4. The predicted octanol–water partition coefficient (Wildman–Crippen LogP) is 3.54. The summed E-state index contributed by atoms with van der Waals surface area (Å²) in [4.78, 5) is 28.9. The zero-order chi connectivity index (χ0) is 13.9. The molecule has 0 saturated carbocycles. The maximum absolute atomic E-state index is 12.6. The van der Waals surface area contributed by atoms with Gasteiger partial charge in [-0.3, -0.25) is 0 Å². The van der Waals surface area contributed by atoms with E-state index in [0.29, 0.717) is 11.1 Å². The molecule has 0 aliphatic heterocycles. The molecule has 19 heavy (non-hydrogen) atoms. The third-order valence-corrected chi connectivity index (χ3v) is 11.3. The Morgan fingerprint density at radius 1 is 0.684 bits per heavy atom. The summed E-state index contributed by atoms with van der Waals surface area (Å²) in [6.45, 7) is 0. The first-order valence-corrected chi connectivity index (χ1v) is 14.8. The molecule has 0 fully saturated rings. The zero-order valence-corrected chi connectivity index (χ0v) is 13.9. The summed E-state index contributed by atoms with van der Waals surface area (Å²) in [5.41, 5.74) is 1.32. The van der Waals surface area contributed by atoms with Crippen LogP contribution < -0.4 is 0 Å². The number of carbonyl (C=O) groups excluding carboxylic acids is 2. The Morgan fingerprint density at radius 2 is 1.00 bits per heavy atom.